The molecular weight excluding hydrogens is 755 g/mol. The number of esters is 2. The second-order valence-electron chi connectivity index (χ2n) is 17.8. The van der Waals surface area contributed by atoms with Crippen LogP contribution < -0.4 is 5.11 Å². The lowest BCUT2D eigenvalue weighted by molar-refractivity contribution is -0.870. The van der Waals surface area contributed by atoms with Gasteiger partial charge in [-0.15, -0.1) is 0 Å². The van der Waals surface area contributed by atoms with Crippen molar-refractivity contribution in [2.45, 2.75) is 225 Å². The maximum atomic E-state index is 12.7. The molecule has 0 aliphatic carbocycles. The summed E-state index contributed by atoms with van der Waals surface area (Å²) in [5.41, 5.74) is 0. The first kappa shape index (κ1) is 57.5. The zero-order chi connectivity index (χ0) is 44.2. The van der Waals surface area contributed by atoms with Crippen LogP contribution >= 0.6 is 0 Å². The molecule has 0 saturated carbocycles. The van der Waals surface area contributed by atoms with E-state index in [1.54, 1.807) is 0 Å². The Labute approximate surface area is 369 Å². The molecule has 0 radical (unpaired) electrons. The third-order valence-corrected chi connectivity index (χ3v) is 10.6. The van der Waals surface area contributed by atoms with Gasteiger partial charge in [-0.1, -0.05) is 185 Å². The minimum Gasteiger partial charge on any atom is -0.545 e. The van der Waals surface area contributed by atoms with Crippen molar-refractivity contribution in [3.05, 3.63) is 36.5 Å². The fraction of sp³-hybridized carbons (Fsp3) is 0.824. The van der Waals surface area contributed by atoms with Crippen LogP contribution in [0.4, 0.5) is 0 Å². The molecule has 0 rings (SSSR count). The molecule has 350 valence electrons. The number of rotatable bonds is 45. The summed E-state index contributed by atoms with van der Waals surface area (Å²) in [6.07, 6.45) is 46.5. The molecule has 2 atom stereocenters. The minimum atomic E-state index is -1.62. The van der Waals surface area contributed by atoms with Crippen LogP contribution in [0.15, 0.2) is 36.5 Å². The van der Waals surface area contributed by atoms with Gasteiger partial charge in [0, 0.05) is 12.8 Å². The van der Waals surface area contributed by atoms with Gasteiger partial charge in [-0.3, -0.25) is 9.59 Å². The average molecular weight is 848 g/mol. The molecule has 9 nitrogen and oxygen atoms in total. The Morgan fingerprint density at radius 1 is 0.500 bits per heavy atom. The van der Waals surface area contributed by atoms with E-state index in [2.05, 4.69) is 50.3 Å². The van der Waals surface area contributed by atoms with Crippen molar-refractivity contribution in [1.29, 1.82) is 0 Å². The van der Waals surface area contributed by atoms with Crippen molar-refractivity contribution < 1.29 is 42.9 Å². The number of carboxylic acid groups (broad SMARTS) is 1. The monoisotopic (exact) mass is 848 g/mol. The van der Waals surface area contributed by atoms with E-state index >= 15 is 0 Å². The molecule has 0 N–H and O–H groups in total. The summed E-state index contributed by atoms with van der Waals surface area (Å²) in [5, 5.41) is 11.7. The fourth-order valence-corrected chi connectivity index (χ4v) is 6.78. The highest BCUT2D eigenvalue weighted by Crippen LogP contribution is 2.15. The third kappa shape index (κ3) is 43.6. The van der Waals surface area contributed by atoms with E-state index in [9.17, 15) is 19.5 Å². The minimum absolute atomic E-state index is 0.149. The Morgan fingerprint density at radius 2 is 0.900 bits per heavy atom. The lowest BCUT2D eigenvalue weighted by Crippen LogP contribution is -2.44. The van der Waals surface area contributed by atoms with Crippen LogP contribution in [0.25, 0.3) is 0 Å². The summed E-state index contributed by atoms with van der Waals surface area (Å²) in [6, 6.07) is 0. The second-order valence-corrected chi connectivity index (χ2v) is 17.8. The van der Waals surface area contributed by atoms with Gasteiger partial charge in [0.05, 0.1) is 40.3 Å². The van der Waals surface area contributed by atoms with Gasteiger partial charge < -0.3 is 33.3 Å². The highest BCUT2D eigenvalue weighted by atomic mass is 16.7. The summed E-state index contributed by atoms with van der Waals surface area (Å²) in [5.74, 6) is -2.29. The summed E-state index contributed by atoms with van der Waals surface area (Å²) < 4.78 is 22.4. The Bertz CT molecular complexity index is 1080. The molecule has 9 heteroatoms. The standard InChI is InChI=1S/C51H93NO8/c1-6-8-10-12-14-15-16-17-18-19-20-21-22-23-24-25-26-27-28-29-30-31-32-33-34-35-36-38-40-42-49(54)60-47(45-58-48(53)41-39-37-13-11-9-7-2)46-59-51(50(55)56)57-44-43-52(3,4)5/h16-17,19-20,22-23,47,51H,6-15,18,21,24-46H2,1-5H3/b17-16-,20-19-,23-22-. The number of carboxylic acids is 1. The molecule has 0 aromatic rings. The highest BCUT2D eigenvalue weighted by molar-refractivity contribution is 5.70. The highest BCUT2D eigenvalue weighted by Gasteiger charge is 2.21. The molecule has 0 spiro atoms. The summed E-state index contributed by atoms with van der Waals surface area (Å²) in [4.78, 5) is 36.7. The molecule has 0 aromatic carbocycles. The van der Waals surface area contributed by atoms with E-state index in [1.807, 2.05) is 21.1 Å². The molecule has 0 fully saturated rings. The van der Waals surface area contributed by atoms with Crippen LogP contribution in [0, 0.1) is 0 Å². The van der Waals surface area contributed by atoms with Crippen LogP contribution in [-0.2, 0) is 33.3 Å². The Balaban J connectivity index is 4.06. The molecule has 0 saturated heterocycles. The van der Waals surface area contributed by atoms with E-state index in [0.29, 0.717) is 23.9 Å². The molecule has 2 unspecified atom stereocenters. The fourth-order valence-electron chi connectivity index (χ4n) is 6.78. The number of nitrogens with zero attached hydrogens (tertiary/aromatic N) is 1. The maximum Gasteiger partial charge on any atom is 0.306 e. The molecule has 0 amide bonds. The van der Waals surface area contributed by atoms with Gasteiger partial charge in [-0.2, -0.15) is 0 Å². The van der Waals surface area contributed by atoms with Crippen molar-refractivity contribution >= 4 is 17.9 Å². The Hall–Kier alpha value is -2.49. The average Bonchev–Trinajstić information content (AvgIpc) is 3.21. The van der Waals surface area contributed by atoms with Gasteiger partial charge in [0.1, 0.15) is 13.2 Å². The van der Waals surface area contributed by atoms with Gasteiger partial charge in [0.15, 0.2) is 12.4 Å². The molecule has 0 bridgehead atoms. The first-order valence-electron chi connectivity index (χ1n) is 24.6. The molecular formula is C51H93NO8. The molecule has 0 heterocycles. The largest absolute Gasteiger partial charge is 0.545 e. The summed E-state index contributed by atoms with van der Waals surface area (Å²) in [7, 11) is 5.90. The molecule has 0 aliphatic heterocycles. The van der Waals surface area contributed by atoms with E-state index in [-0.39, 0.29) is 32.2 Å². The zero-order valence-electron chi connectivity index (χ0n) is 39.6. The van der Waals surface area contributed by atoms with Crippen LogP contribution in [0.3, 0.4) is 0 Å². The maximum absolute atomic E-state index is 12.7. The zero-order valence-corrected chi connectivity index (χ0v) is 39.6. The smallest absolute Gasteiger partial charge is 0.306 e. The number of carbonyl (C=O) groups excluding carboxylic acids is 3. The van der Waals surface area contributed by atoms with Crippen molar-refractivity contribution in [3.63, 3.8) is 0 Å². The number of hydrogen-bond donors (Lipinski definition) is 0. The van der Waals surface area contributed by atoms with Gasteiger partial charge >= 0.3 is 11.9 Å². The van der Waals surface area contributed by atoms with Crippen molar-refractivity contribution in [1.82, 2.24) is 0 Å². The van der Waals surface area contributed by atoms with Gasteiger partial charge in [-0.05, 0) is 51.4 Å². The number of likely N-dealkylation sites (N-methyl/N-ethyl adjacent to an activating group) is 1. The van der Waals surface area contributed by atoms with Gasteiger partial charge in [0.25, 0.3) is 0 Å². The van der Waals surface area contributed by atoms with Gasteiger partial charge in [-0.25, -0.2) is 0 Å². The predicted octanol–water partition coefficient (Wildman–Crippen LogP) is 12.1. The lowest BCUT2D eigenvalue weighted by atomic mass is 10.0. The van der Waals surface area contributed by atoms with Gasteiger partial charge in [0.2, 0.25) is 0 Å². The number of carbonyl (C=O) groups is 3. The summed E-state index contributed by atoms with van der Waals surface area (Å²) >= 11 is 0. The van der Waals surface area contributed by atoms with Crippen molar-refractivity contribution in [3.8, 4) is 0 Å². The number of ether oxygens (including phenoxy) is 4. The molecule has 0 aliphatic rings. The van der Waals surface area contributed by atoms with Crippen LogP contribution in [0.5, 0.6) is 0 Å². The summed E-state index contributed by atoms with van der Waals surface area (Å²) in [6.45, 7) is 4.66. The van der Waals surface area contributed by atoms with E-state index < -0.39 is 24.3 Å². The second kappa shape index (κ2) is 43.2. The number of allylic oxidation sites excluding steroid dienone is 6. The molecule has 0 aromatic heterocycles. The number of quaternary nitrogens is 1. The van der Waals surface area contributed by atoms with Crippen LogP contribution in [0.2, 0.25) is 0 Å². The number of hydrogen-bond acceptors (Lipinski definition) is 8. The Kier molecular flexibility index (Phi) is 41.4. The van der Waals surface area contributed by atoms with E-state index in [4.69, 9.17) is 18.9 Å². The van der Waals surface area contributed by atoms with Crippen molar-refractivity contribution in [2.24, 2.45) is 0 Å². The Morgan fingerprint density at radius 3 is 1.33 bits per heavy atom. The normalized spacial score (nSPS) is 13.2. The quantitative estimate of drug-likeness (QED) is 0.0196. The number of aliphatic carboxylic acids is 1. The topological polar surface area (TPSA) is 111 Å². The van der Waals surface area contributed by atoms with E-state index in [0.717, 1.165) is 51.4 Å². The first-order valence-corrected chi connectivity index (χ1v) is 24.6. The molecule has 60 heavy (non-hydrogen) atoms. The van der Waals surface area contributed by atoms with Crippen molar-refractivity contribution in [2.75, 3.05) is 47.5 Å². The SMILES string of the molecule is CCCCCCC/C=C\C/C=C\C/C=C\CCCCCCCCCCCCCCCCC(=O)OC(COC(=O)CCCCCCCC)COC(OCC[N+](C)(C)C)C(=O)[O-]. The van der Waals surface area contributed by atoms with E-state index in [1.165, 1.54) is 128 Å². The van der Waals surface area contributed by atoms with Crippen LogP contribution in [-0.4, -0.2) is 82.3 Å². The lowest BCUT2D eigenvalue weighted by Gasteiger charge is -2.26. The predicted molar refractivity (Wildman–Crippen MR) is 246 cm³/mol. The third-order valence-electron chi connectivity index (χ3n) is 10.6. The first-order chi connectivity index (χ1) is 29.1. The van der Waals surface area contributed by atoms with Crippen LogP contribution in [0.1, 0.15) is 213 Å². The number of unbranched alkanes of at least 4 members (excludes halogenated alkanes) is 24.